The Kier molecular flexibility index (Phi) is 10.9. The number of hydrogen-bond donors (Lipinski definition) is 0. The van der Waals surface area contributed by atoms with Gasteiger partial charge in [0.15, 0.2) is 5.76 Å². The fourth-order valence-corrected chi connectivity index (χ4v) is 3.32. The van der Waals surface area contributed by atoms with E-state index in [4.69, 9.17) is 18.9 Å². The highest BCUT2D eigenvalue weighted by atomic mass is 16.5. The minimum atomic E-state index is -0.664. The van der Waals surface area contributed by atoms with Gasteiger partial charge in [0.2, 0.25) is 5.78 Å². The van der Waals surface area contributed by atoms with Crippen LogP contribution in [0, 0.1) is 10.8 Å². The summed E-state index contributed by atoms with van der Waals surface area (Å²) in [4.78, 5) is 38.1. The van der Waals surface area contributed by atoms with Crippen LogP contribution in [0.3, 0.4) is 0 Å². The van der Waals surface area contributed by atoms with E-state index in [1.54, 1.807) is 78.0 Å². The molecule has 0 atom stereocenters. The van der Waals surface area contributed by atoms with Crippen LogP contribution in [-0.4, -0.2) is 31.4 Å². The van der Waals surface area contributed by atoms with Crippen LogP contribution >= 0.6 is 0 Å². The van der Waals surface area contributed by atoms with E-state index in [0.29, 0.717) is 41.4 Å². The minimum Gasteiger partial charge on any atom is -0.493 e. The van der Waals surface area contributed by atoms with E-state index in [-0.39, 0.29) is 23.5 Å². The second-order valence-corrected chi connectivity index (χ2v) is 11.4. The number of aryl methyl sites for hydroxylation is 1. The molecule has 0 radical (unpaired) electrons. The third-order valence-corrected chi connectivity index (χ3v) is 5.66. The Labute approximate surface area is 232 Å². The Morgan fingerprint density at radius 3 is 1.90 bits per heavy atom. The summed E-state index contributed by atoms with van der Waals surface area (Å²) >= 11 is 0. The molecule has 2 rings (SSSR count). The predicted molar refractivity (Wildman–Crippen MR) is 152 cm³/mol. The van der Waals surface area contributed by atoms with Gasteiger partial charge in [-0.25, -0.2) is 0 Å². The highest BCUT2D eigenvalue weighted by molar-refractivity contribution is 6.10. The summed E-state index contributed by atoms with van der Waals surface area (Å²) in [7, 11) is 1.43. The number of esters is 2. The number of Topliss-reactive ketones (excluding diaryl/α,β-unsaturated/α-hetero) is 1. The number of allylic oxidation sites excluding steroid dienone is 1. The molecule has 0 unspecified atom stereocenters. The lowest BCUT2D eigenvalue weighted by Crippen LogP contribution is -2.26. The molecule has 0 aliphatic rings. The predicted octanol–water partition coefficient (Wildman–Crippen LogP) is 7.20. The largest absolute Gasteiger partial charge is 0.493 e. The molecule has 0 aliphatic heterocycles. The molecule has 0 saturated carbocycles. The van der Waals surface area contributed by atoms with Gasteiger partial charge in [0.1, 0.15) is 17.2 Å². The number of rotatable bonds is 11. The van der Waals surface area contributed by atoms with Crippen LogP contribution in [0.15, 0.2) is 42.2 Å². The van der Waals surface area contributed by atoms with Gasteiger partial charge < -0.3 is 18.9 Å². The Balaban J connectivity index is 2.47. The van der Waals surface area contributed by atoms with Crippen molar-refractivity contribution in [1.29, 1.82) is 0 Å². The van der Waals surface area contributed by atoms with Crippen molar-refractivity contribution in [1.82, 2.24) is 0 Å². The third kappa shape index (κ3) is 8.98. The number of methoxy groups -OCH3 is 1. The average Bonchev–Trinajstić information content (AvgIpc) is 2.86. The second-order valence-electron chi connectivity index (χ2n) is 11.4. The lowest BCUT2D eigenvalue weighted by molar-refractivity contribution is -0.143. The van der Waals surface area contributed by atoms with Gasteiger partial charge in [0.25, 0.3) is 0 Å². The summed E-state index contributed by atoms with van der Waals surface area (Å²) in [5.41, 5.74) is 0.540. The number of benzene rings is 2. The molecule has 0 spiro atoms. The normalized spacial score (nSPS) is 12.1. The number of ketones is 1. The summed E-state index contributed by atoms with van der Waals surface area (Å²) in [5, 5.41) is 0. The summed E-state index contributed by atoms with van der Waals surface area (Å²) in [5.74, 6) is 0.359. The molecule has 0 N–H and O–H groups in total. The molecular formula is C32H42O7. The highest BCUT2D eigenvalue weighted by Gasteiger charge is 2.26. The van der Waals surface area contributed by atoms with Crippen molar-refractivity contribution in [2.24, 2.45) is 10.8 Å². The Bertz CT molecular complexity index is 1190. The van der Waals surface area contributed by atoms with Crippen LogP contribution in [0.2, 0.25) is 0 Å². The van der Waals surface area contributed by atoms with Crippen molar-refractivity contribution >= 4 is 23.8 Å². The maximum absolute atomic E-state index is 13.3. The van der Waals surface area contributed by atoms with E-state index in [0.717, 1.165) is 18.4 Å². The fraction of sp³-hybridized carbons (Fsp3) is 0.469. The maximum atomic E-state index is 13.3. The van der Waals surface area contributed by atoms with Crippen LogP contribution in [0.4, 0.5) is 0 Å². The van der Waals surface area contributed by atoms with Gasteiger partial charge in [-0.05, 0) is 96.4 Å². The monoisotopic (exact) mass is 538 g/mol. The highest BCUT2D eigenvalue weighted by Crippen LogP contribution is 2.34. The summed E-state index contributed by atoms with van der Waals surface area (Å²) in [6.45, 7) is 15.2. The zero-order chi connectivity index (χ0) is 29.4. The summed E-state index contributed by atoms with van der Waals surface area (Å²) in [6, 6.07) is 9.93. The lowest BCUT2D eigenvalue weighted by Gasteiger charge is -2.20. The molecule has 0 heterocycles. The van der Waals surface area contributed by atoms with Crippen molar-refractivity contribution in [2.75, 3.05) is 13.7 Å². The first-order valence-electron chi connectivity index (χ1n) is 13.4. The van der Waals surface area contributed by atoms with Gasteiger partial charge in [-0.15, -0.1) is 0 Å². The van der Waals surface area contributed by atoms with Crippen molar-refractivity contribution < 1.29 is 33.3 Å². The smallest absolute Gasteiger partial charge is 0.316 e. The first kappa shape index (κ1) is 31.6. The number of carbonyl (C=O) groups excluding carboxylic acids is 3. The fourth-order valence-electron chi connectivity index (χ4n) is 3.32. The molecule has 39 heavy (non-hydrogen) atoms. The van der Waals surface area contributed by atoms with Crippen molar-refractivity contribution in [2.45, 2.75) is 74.7 Å². The molecule has 0 saturated heterocycles. The molecule has 0 fully saturated rings. The second kappa shape index (κ2) is 13.5. The van der Waals surface area contributed by atoms with Crippen LogP contribution in [-0.2, 0) is 20.7 Å². The SMILES string of the molecule is CCCOc1cc(OC(=O)C(C)(C)C)c(CCC)cc1C=C(OC)C(=O)c1ccc(OC(=O)C(C)(C)C)cc1. The van der Waals surface area contributed by atoms with E-state index in [1.807, 2.05) is 19.9 Å². The van der Waals surface area contributed by atoms with Gasteiger partial charge in [-0.1, -0.05) is 20.3 Å². The van der Waals surface area contributed by atoms with Gasteiger partial charge in [-0.3, -0.25) is 14.4 Å². The molecule has 0 aromatic heterocycles. The third-order valence-electron chi connectivity index (χ3n) is 5.66. The van der Waals surface area contributed by atoms with Crippen LogP contribution in [0.5, 0.6) is 17.2 Å². The molecule has 7 heteroatoms. The van der Waals surface area contributed by atoms with Crippen molar-refractivity contribution in [3.8, 4) is 17.2 Å². The molecule has 2 aromatic carbocycles. The first-order chi connectivity index (χ1) is 18.2. The Hall–Kier alpha value is -3.61. The van der Waals surface area contributed by atoms with Crippen LogP contribution in [0.25, 0.3) is 6.08 Å². The zero-order valence-corrected chi connectivity index (χ0v) is 24.7. The maximum Gasteiger partial charge on any atom is 0.316 e. The Morgan fingerprint density at radius 1 is 0.795 bits per heavy atom. The molecule has 0 aliphatic carbocycles. The average molecular weight is 539 g/mol. The van der Waals surface area contributed by atoms with Gasteiger partial charge in [0, 0.05) is 17.2 Å². The molecule has 7 nitrogen and oxygen atoms in total. The molecule has 212 valence electrons. The van der Waals surface area contributed by atoms with Crippen LogP contribution in [0.1, 0.15) is 89.7 Å². The van der Waals surface area contributed by atoms with Crippen LogP contribution < -0.4 is 14.2 Å². The topological polar surface area (TPSA) is 88.1 Å². The van der Waals surface area contributed by atoms with E-state index >= 15 is 0 Å². The first-order valence-corrected chi connectivity index (χ1v) is 13.4. The lowest BCUT2D eigenvalue weighted by atomic mass is 9.97. The van der Waals surface area contributed by atoms with Gasteiger partial charge in [0.05, 0.1) is 24.5 Å². The van der Waals surface area contributed by atoms with E-state index in [9.17, 15) is 14.4 Å². The quantitative estimate of drug-likeness (QED) is 0.0982. The minimum absolute atomic E-state index is 0.109. The summed E-state index contributed by atoms with van der Waals surface area (Å²) in [6.07, 6.45) is 3.92. The van der Waals surface area contributed by atoms with Crippen molar-refractivity contribution in [3.05, 3.63) is 58.8 Å². The number of ether oxygens (including phenoxy) is 4. The van der Waals surface area contributed by atoms with Gasteiger partial charge in [-0.2, -0.15) is 0 Å². The molecule has 2 aromatic rings. The Morgan fingerprint density at radius 2 is 1.38 bits per heavy atom. The zero-order valence-electron chi connectivity index (χ0n) is 24.7. The van der Waals surface area contributed by atoms with Crippen molar-refractivity contribution in [3.63, 3.8) is 0 Å². The van der Waals surface area contributed by atoms with E-state index < -0.39 is 10.8 Å². The van der Waals surface area contributed by atoms with E-state index in [1.165, 1.54) is 7.11 Å². The number of carbonyl (C=O) groups is 3. The number of hydrogen-bond acceptors (Lipinski definition) is 7. The molecule has 0 bridgehead atoms. The summed E-state index contributed by atoms with van der Waals surface area (Å²) < 4.78 is 22.6. The molecule has 0 amide bonds. The van der Waals surface area contributed by atoms with Gasteiger partial charge >= 0.3 is 11.9 Å². The van der Waals surface area contributed by atoms with E-state index in [2.05, 4.69) is 0 Å². The standard InChI is InChI=1S/C32H42O7/c1-10-12-22-18-23(25(37-17-11-2)20-26(22)39-30(35)32(6,7)8)19-27(36-9)28(33)21-13-15-24(16-14-21)38-29(34)31(3,4)5/h13-16,18-20H,10-12,17H2,1-9H3. The molecular weight excluding hydrogens is 496 g/mol.